The van der Waals surface area contributed by atoms with Gasteiger partial charge in [-0.05, 0) is 63.3 Å². The van der Waals surface area contributed by atoms with Crippen molar-refractivity contribution in [2.45, 2.75) is 68.5 Å². The number of carbonyl (C=O) groups excluding carboxylic acids is 1. The van der Waals surface area contributed by atoms with E-state index in [4.69, 9.17) is 0 Å². The molecule has 2 aliphatic rings. The molecule has 0 bridgehead atoms. The van der Waals surface area contributed by atoms with Crippen LogP contribution in [0.1, 0.15) is 51.9 Å². The van der Waals surface area contributed by atoms with E-state index in [2.05, 4.69) is 10.2 Å². The van der Waals surface area contributed by atoms with Gasteiger partial charge >= 0.3 is 0 Å². The van der Waals surface area contributed by atoms with Gasteiger partial charge in [0, 0.05) is 38.3 Å². The molecule has 2 aliphatic heterocycles. The molecule has 2 fully saturated rings. The lowest BCUT2D eigenvalue weighted by Crippen LogP contribution is -2.36. The molecular formula is C23H33N5O3S2. The third kappa shape index (κ3) is 5.60. The summed E-state index contributed by atoms with van der Waals surface area (Å²) in [6.45, 7) is 5.55. The van der Waals surface area contributed by atoms with Gasteiger partial charge in [0.2, 0.25) is 15.9 Å². The van der Waals surface area contributed by atoms with E-state index < -0.39 is 10.0 Å². The Bertz CT molecular complexity index is 1040. The van der Waals surface area contributed by atoms with Crippen LogP contribution in [0.3, 0.4) is 0 Å². The van der Waals surface area contributed by atoms with Crippen molar-refractivity contribution in [3.63, 3.8) is 0 Å². The van der Waals surface area contributed by atoms with E-state index >= 15 is 0 Å². The number of nitrogens with zero attached hydrogens (tertiary/aromatic N) is 5. The second kappa shape index (κ2) is 11.0. The first-order valence-corrected chi connectivity index (χ1v) is 14.4. The van der Waals surface area contributed by atoms with E-state index in [1.165, 1.54) is 18.2 Å². The van der Waals surface area contributed by atoms with Gasteiger partial charge in [0.25, 0.3) is 0 Å². The Balaban J connectivity index is 1.46. The number of hydrogen-bond acceptors (Lipinski definition) is 6. The summed E-state index contributed by atoms with van der Waals surface area (Å²) < 4.78 is 29.7. The van der Waals surface area contributed by atoms with Crippen molar-refractivity contribution in [1.29, 1.82) is 0 Å². The van der Waals surface area contributed by atoms with Crippen LogP contribution in [0, 0.1) is 0 Å². The summed E-state index contributed by atoms with van der Waals surface area (Å²) in [5.41, 5.74) is 0.813. The first-order valence-electron chi connectivity index (χ1n) is 11.9. The van der Waals surface area contributed by atoms with Crippen LogP contribution in [-0.4, -0.2) is 70.2 Å². The van der Waals surface area contributed by atoms with Crippen LogP contribution in [0.4, 0.5) is 0 Å². The highest BCUT2D eigenvalue weighted by Crippen LogP contribution is 2.27. The fourth-order valence-electron chi connectivity index (χ4n) is 4.46. The number of hydrogen-bond donors (Lipinski definition) is 0. The number of aromatic nitrogens is 3. The maximum Gasteiger partial charge on any atom is 0.243 e. The fourth-order valence-corrected chi connectivity index (χ4v) is 6.88. The Labute approximate surface area is 200 Å². The normalized spacial score (nSPS) is 18.3. The lowest BCUT2D eigenvalue weighted by molar-refractivity contribution is -0.129. The quantitative estimate of drug-likeness (QED) is 0.550. The van der Waals surface area contributed by atoms with E-state index in [0.717, 1.165) is 57.2 Å². The molecule has 0 N–H and O–H groups in total. The second-order valence-electron chi connectivity index (χ2n) is 8.62. The second-order valence-corrected chi connectivity index (χ2v) is 11.5. The molecule has 0 saturated carbocycles. The zero-order valence-corrected chi connectivity index (χ0v) is 20.9. The Morgan fingerprint density at radius 3 is 2.15 bits per heavy atom. The minimum atomic E-state index is -3.48. The summed E-state index contributed by atoms with van der Waals surface area (Å²) in [4.78, 5) is 14.8. The lowest BCUT2D eigenvalue weighted by Gasteiger charge is -2.26. The van der Waals surface area contributed by atoms with Crippen LogP contribution in [-0.2, 0) is 21.4 Å². The molecule has 10 heteroatoms. The van der Waals surface area contributed by atoms with Crippen molar-refractivity contribution in [3.05, 3.63) is 24.3 Å². The Morgan fingerprint density at radius 1 is 0.909 bits per heavy atom. The van der Waals surface area contributed by atoms with Gasteiger partial charge in [-0.15, -0.1) is 10.2 Å². The van der Waals surface area contributed by atoms with Crippen LogP contribution >= 0.6 is 11.8 Å². The SMILES string of the molecule is CCn1c(SCC(=O)N2CCCCC2)nnc1-c1ccc(S(=O)(=O)N2CCCCCC2)cc1. The highest BCUT2D eigenvalue weighted by atomic mass is 32.2. The maximum absolute atomic E-state index is 13.0. The highest BCUT2D eigenvalue weighted by Gasteiger charge is 2.25. The first kappa shape index (κ1) is 24.2. The molecule has 0 radical (unpaired) electrons. The summed E-state index contributed by atoms with van der Waals surface area (Å²) >= 11 is 1.41. The van der Waals surface area contributed by atoms with Gasteiger partial charge in [-0.25, -0.2) is 8.42 Å². The van der Waals surface area contributed by atoms with Crippen molar-refractivity contribution in [3.8, 4) is 11.4 Å². The highest BCUT2D eigenvalue weighted by molar-refractivity contribution is 7.99. The number of likely N-dealkylation sites (tertiary alicyclic amines) is 1. The standard InChI is InChI=1S/C23H33N5O3S2/c1-2-28-22(24-25-23(28)32-18-21(29)26-14-6-5-7-15-26)19-10-12-20(13-11-19)33(30,31)27-16-8-3-4-9-17-27/h10-13H,2-9,14-18H2,1H3. The maximum atomic E-state index is 13.0. The first-order chi connectivity index (χ1) is 16.0. The van der Waals surface area contributed by atoms with Gasteiger partial charge in [0.05, 0.1) is 10.6 Å². The minimum Gasteiger partial charge on any atom is -0.342 e. The number of piperidine rings is 1. The predicted molar refractivity (Wildman–Crippen MR) is 130 cm³/mol. The molecule has 2 aromatic rings. The molecule has 0 atom stereocenters. The van der Waals surface area contributed by atoms with Gasteiger partial charge in [0.15, 0.2) is 11.0 Å². The summed E-state index contributed by atoms with van der Waals surface area (Å²) in [6.07, 6.45) is 7.35. The lowest BCUT2D eigenvalue weighted by atomic mass is 10.1. The molecule has 1 aromatic carbocycles. The Morgan fingerprint density at radius 2 is 1.52 bits per heavy atom. The van der Waals surface area contributed by atoms with Crippen molar-refractivity contribution in [2.24, 2.45) is 0 Å². The van der Waals surface area contributed by atoms with E-state index in [0.29, 0.717) is 41.3 Å². The van der Waals surface area contributed by atoms with Crippen LogP contribution < -0.4 is 0 Å². The Kier molecular flexibility index (Phi) is 8.08. The Hall–Kier alpha value is -1.91. The number of amides is 1. The topological polar surface area (TPSA) is 88.4 Å². The van der Waals surface area contributed by atoms with Crippen LogP contribution in [0.15, 0.2) is 34.3 Å². The van der Waals surface area contributed by atoms with E-state index in [1.54, 1.807) is 28.6 Å². The van der Waals surface area contributed by atoms with Crippen molar-refractivity contribution < 1.29 is 13.2 Å². The molecule has 0 spiro atoms. The van der Waals surface area contributed by atoms with Gasteiger partial charge < -0.3 is 9.47 Å². The molecular weight excluding hydrogens is 458 g/mol. The molecule has 180 valence electrons. The number of thioether (sulfide) groups is 1. The molecule has 1 amide bonds. The largest absolute Gasteiger partial charge is 0.342 e. The third-order valence-electron chi connectivity index (χ3n) is 6.38. The predicted octanol–water partition coefficient (Wildman–Crippen LogP) is 3.63. The van der Waals surface area contributed by atoms with Gasteiger partial charge in [-0.3, -0.25) is 4.79 Å². The molecule has 0 unspecified atom stereocenters. The summed E-state index contributed by atoms with van der Waals surface area (Å²) in [5, 5.41) is 9.37. The molecule has 4 rings (SSSR count). The van der Waals surface area contributed by atoms with E-state index in [-0.39, 0.29) is 5.91 Å². The zero-order chi connectivity index (χ0) is 23.3. The van der Waals surface area contributed by atoms with E-state index in [9.17, 15) is 13.2 Å². The van der Waals surface area contributed by atoms with Gasteiger partial charge in [-0.2, -0.15) is 4.31 Å². The monoisotopic (exact) mass is 491 g/mol. The van der Waals surface area contributed by atoms with Crippen LogP contribution in [0.5, 0.6) is 0 Å². The molecule has 3 heterocycles. The number of benzene rings is 1. The van der Waals surface area contributed by atoms with Crippen LogP contribution in [0.25, 0.3) is 11.4 Å². The summed E-state index contributed by atoms with van der Waals surface area (Å²) in [5.74, 6) is 1.18. The summed E-state index contributed by atoms with van der Waals surface area (Å²) in [6, 6.07) is 6.93. The van der Waals surface area contributed by atoms with Crippen LogP contribution in [0.2, 0.25) is 0 Å². The molecule has 33 heavy (non-hydrogen) atoms. The average Bonchev–Trinajstić information content (AvgIpc) is 3.05. The fraction of sp³-hybridized carbons (Fsp3) is 0.609. The van der Waals surface area contributed by atoms with Crippen molar-refractivity contribution in [1.82, 2.24) is 24.0 Å². The molecule has 1 aromatic heterocycles. The number of carbonyl (C=O) groups is 1. The van der Waals surface area contributed by atoms with Crippen molar-refractivity contribution >= 4 is 27.7 Å². The third-order valence-corrected chi connectivity index (χ3v) is 9.25. The molecule has 0 aliphatic carbocycles. The number of rotatable bonds is 7. The summed E-state index contributed by atoms with van der Waals surface area (Å²) in [7, 11) is -3.48. The van der Waals surface area contributed by atoms with E-state index in [1.807, 2.05) is 16.4 Å². The van der Waals surface area contributed by atoms with Gasteiger partial charge in [0.1, 0.15) is 0 Å². The molecule has 8 nitrogen and oxygen atoms in total. The number of sulfonamides is 1. The average molecular weight is 492 g/mol. The smallest absolute Gasteiger partial charge is 0.243 e. The van der Waals surface area contributed by atoms with Crippen molar-refractivity contribution in [2.75, 3.05) is 31.9 Å². The van der Waals surface area contributed by atoms with Gasteiger partial charge in [-0.1, -0.05) is 24.6 Å². The molecule has 2 saturated heterocycles. The zero-order valence-electron chi connectivity index (χ0n) is 19.3. The minimum absolute atomic E-state index is 0.148.